The first-order chi connectivity index (χ1) is 10.1. The molecule has 1 saturated heterocycles. The van der Waals surface area contributed by atoms with Crippen LogP contribution in [0.5, 0.6) is 0 Å². The van der Waals surface area contributed by atoms with Gasteiger partial charge in [0.05, 0.1) is 6.61 Å². The fraction of sp³-hybridized carbons (Fsp3) is 0.500. The summed E-state index contributed by atoms with van der Waals surface area (Å²) in [5.74, 6) is 0.105. The number of methoxy groups -OCH3 is 1. The zero-order valence-electron chi connectivity index (χ0n) is 12.6. The van der Waals surface area contributed by atoms with Crippen LogP contribution in [0.1, 0.15) is 35.7 Å². The highest BCUT2D eigenvalue weighted by atomic mass is 16.5. The average Bonchev–Trinajstić information content (AvgIpc) is 2.85. The van der Waals surface area contributed by atoms with Gasteiger partial charge in [-0.3, -0.25) is 9.59 Å². The second-order valence-electron chi connectivity index (χ2n) is 5.45. The molecule has 2 rings (SSSR count). The Bertz CT molecular complexity index is 499. The van der Waals surface area contributed by atoms with Crippen molar-refractivity contribution in [2.75, 3.05) is 20.3 Å². The van der Waals surface area contributed by atoms with E-state index in [2.05, 4.69) is 5.32 Å². The highest BCUT2D eigenvalue weighted by molar-refractivity contribution is 5.94. The van der Waals surface area contributed by atoms with Gasteiger partial charge in [0.15, 0.2) is 0 Å². The van der Waals surface area contributed by atoms with Crippen molar-refractivity contribution in [3.63, 3.8) is 0 Å². The van der Waals surface area contributed by atoms with E-state index in [1.165, 1.54) is 0 Å². The van der Waals surface area contributed by atoms with Crippen LogP contribution in [0, 0.1) is 0 Å². The van der Waals surface area contributed by atoms with Crippen LogP contribution in [0.15, 0.2) is 24.3 Å². The van der Waals surface area contributed by atoms with E-state index in [4.69, 9.17) is 4.74 Å². The molecule has 1 aliphatic heterocycles. The Morgan fingerprint density at radius 3 is 2.67 bits per heavy atom. The van der Waals surface area contributed by atoms with Gasteiger partial charge in [-0.05, 0) is 31.0 Å². The first kappa shape index (κ1) is 15.5. The normalized spacial score (nSPS) is 16.1. The zero-order chi connectivity index (χ0) is 15.2. The minimum absolute atomic E-state index is 0.0237. The second kappa shape index (κ2) is 7.22. The largest absolute Gasteiger partial charge is 0.383 e. The monoisotopic (exact) mass is 290 g/mol. The van der Waals surface area contributed by atoms with Crippen LogP contribution >= 0.6 is 0 Å². The summed E-state index contributed by atoms with van der Waals surface area (Å²) in [6, 6.07) is 7.38. The van der Waals surface area contributed by atoms with Crippen LogP contribution < -0.4 is 5.32 Å². The summed E-state index contributed by atoms with van der Waals surface area (Å²) in [5, 5.41) is 2.87. The van der Waals surface area contributed by atoms with Crippen molar-refractivity contribution < 1.29 is 14.3 Å². The van der Waals surface area contributed by atoms with E-state index >= 15 is 0 Å². The molecule has 5 nitrogen and oxygen atoms in total. The van der Waals surface area contributed by atoms with Crippen LogP contribution in [0.25, 0.3) is 0 Å². The summed E-state index contributed by atoms with van der Waals surface area (Å²) in [6.07, 6.45) is 1.59. The molecule has 0 unspecified atom stereocenters. The second-order valence-corrected chi connectivity index (χ2v) is 5.45. The number of amides is 2. The van der Waals surface area contributed by atoms with Crippen LogP contribution in [-0.2, 0) is 16.1 Å². The SMILES string of the molecule is COC[C@H](C)NC(=O)c1ccc(CN2CCCC2=O)cc1. The predicted molar refractivity (Wildman–Crippen MR) is 79.9 cm³/mol. The minimum Gasteiger partial charge on any atom is -0.383 e. The molecule has 0 aliphatic carbocycles. The van der Waals surface area contributed by atoms with E-state index in [9.17, 15) is 9.59 Å². The number of carbonyl (C=O) groups is 2. The van der Waals surface area contributed by atoms with Crippen molar-refractivity contribution in [3.8, 4) is 0 Å². The Labute approximate surface area is 125 Å². The fourth-order valence-electron chi connectivity index (χ4n) is 2.45. The van der Waals surface area contributed by atoms with Gasteiger partial charge in [0, 0.05) is 38.2 Å². The number of hydrogen-bond donors (Lipinski definition) is 1. The Kier molecular flexibility index (Phi) is 5.33. The number of likely N-dealkylation sites (tertiary alicyclic amines) is 1. The molecule has 21 heavy (non-hydrogen) atoms. The maximum atomic E-state index is 12.0. The van der Waals surface area contributed by atoms with Gasteiger partial charge in [-0.2, -0.15) is 0 Å². The van der Waals surface area contributed by atoms with Gasteiger partial charge >= 0.3 is 0 Å². The summed E-state index contributed by atoms with van der Waals surface area (Å²) in [7, 11) is 1.61. The molecule has 0 spiro atoms. The van der Waals surface area contributed by atoms with Gasteiger partial charge < -0.3 is 15.0 Å². The standard InChI is InChI=1S/C16H22N2O3/c1-12(11-21-2)17-16(20)14-7-5-13(6-8-14)10-18-9-3-4-15(18)19/h5-8,12H,3-4,9-11H2,1-2H3,(H,17,20)/t12-/m0/s1. The molecule has 0 aromatic heterocycles. The lowest BCUT2D eigenvalue weighted by Crippen LogP contribution is -2.35. The molecule has 1 fully saturated rings. The van der Waals surface area contributed by atoms with E-state index in [0.29, 0.717) is 25.1 Å². The molecule has 1 aliphatic rings. The number of nitrogens with one attached hydrogen (secondary N) is 1. The number of ether oxygens (including phenoxy) is 1. The van der Waals surface area contributed by atoms with Crippen LogP contribution in [0.3, 0.4) is 0 Å². The average molecular weight is 290 g/mol. The molecule has 0 radical (unpaired) electrons. The van der Waals surface area contributed by atoms with Crippen molar-refractivity contribution in [1.29, 1.82) is 0 Å². The minimum atomic E-state index is -0.108. The molecule has 2 amide bonds. The van der Waals surface area contributed by atoms with Gasteiger partial charge in [0.2, 0.25) is 5.91 Å². The van der Waals surface area contributed by atoms with E-state index in [1.54, 1.807) is 19.2 Å². The van der Waals surface area contributed by atoms with Crippen molar-refractivity contribution in [2.24, 2.45) is 0 Å². The summed E-state index contributed by atoms with van der Waals surface area (Å²) in [5.41, 5.74) is 1.67. The number of carbonyl (C=O) groups excluding carboxylic acids is 2. The highest BCUT2D eigenvalue weighted by Gasteiger charge is 2.20. The van der Waals surface area contributed by atoms with Gasteiger partial charge in [0.25, 0.3) is 5.91 Å². The van der Waals surface area contributed by atoms with Crippen molar-refractivity contribution in [1.82, 2.24) is 10.2 Å². The smallest absolute Gasteiger partial charge is 0.251 e. The molecule has 1 atom stereocenters. The Balaban J connectivity index is 1.92. The fourth-order valence-corrected chi connectivity index (χ4v) is 2.45. The summed E-state index contributed by atoms with van der Waals surface area (Å²) in [6.45, 7) is 3.84. The lowest BCUT2D eigenvalue weighted by atomic mass is 10.1. The first-order valence-corrected chi connectivity index (χ1v) is 7.26. The molecular weight excluding hydrogens is 268 g/mol. The summed E-state index contributed by atoms with van der Waals surface area (Å²) < 4.78 is 4.99. The van der Waals surface area contributed by atoms with E-state index in [1.807, 2.05) is 24.0 Å². The van der Waals surface area contributed by atoms with E-state index in [-0.39, 0.29) is 17.9 Å². The molecule has 114 valence electrons. The highest BCUT2D eigenvalue weighted by Crippen LogP contribution is 2.14. The van der Waals surface area contributed by atoms with Gasteiger partial charge in [-0.25, -0.2) is 0 Å². The van der Waals surface area contributed by atoms with E-state index < -0.39 is 0 Å². The van der Waals surface area contributed by atoms with Gasteiger partial charge in [-0.1, -0.05) is 12.1 Å². The van der Waals surface area contributed by atoms with Gasteiger partial charge in [-0.15, -0.1) is 0 Å². The molecule has 1 N–H and O–H groups in total. The molecule has 0 saturated carbocycles. The molecule has 5 heteroatoms. The molecule has 1 aromatic rings. The van der Waals surface area contributed by atoms with Crippen LogP contribution in [-0.4, -0.2) is 43.0 Å². The Morgan fingerprint density at radius 2 is 2.10 bits per heavy atom. The summed E-state index contributed by atoms with van der Waals surface area (Å²) >= 11 is 0. The van der Waals surface area contributed by atoms with Crippen LogP contribution in [0.4, 0.5) is 0 Å². The third-order valence-electron chi connectivity index (χ3n) is 3.56. The third-order valence-corrected chi connectivity index (χ3v) is 3.56. The first-order valence-electron chi connectivity index (χ1n) is 7.26. The molecule has 1 aromatic carbocycles. The number of rotatable bonds is 6. The topological polar surface area (TPSA) is 58.6 Å². The Morgan fingerprint density at radius 1 is 1.38 bits per heavy atom. The molecule has 1 heterocycles. The Hall–Kier alpha value is -1.88. The number of benzene rings is 1. The lowest BCUT2D eigenvalue weighted by Gasteiger charge is -2.16. The maximum Gasteiger partial charge on any atom is 0.251 e. The molecular formula is C16H22N2O3. The summed E-state index contributed by atoms with van der Waals surface area (Å²) in [4.78, 5) is 25.5. The van der Waals surface area contributed by atoms with Crippen molar-refractivity contribution >= 4 is 11.8 Å². The van der Waals surface area contributed by atoms with Gasteiger partial charge in [0.1, 0.15) is 0 Å². The molecule has 0 bridgehead atoms. The lowest BCUT2D eigenvalue weighted by molar-refractivity contribution is -0.128. The van der Waals surface area contributed by atoms with Crippen molar-refractivity contribution in [3.05, 3.63) is 35.4 Å². The zero-order valence-corrected chi connectivity index (χ0v) is 12.6. The van der Waals surface area contributed by atoms with Crippen molar-refractivity contribution in [2.45, 2.75) is 32.4 Å². The third kappa shape index (κ3) is 4.29. The van der Waals surface area contributed by atoms with Crippen LogP contribution in [0.2, 0.25) is 0 Å². The quantitative estimate of drug-likeness (QED) is 0.865. The predicted octanol–water partition coefficient (Wildman–Crippen LogP) is 1.57. The number of nitrogens with zero attached hydrogens (tertiary/aromatic N) is 1. The maximum absolute atomic E-state index is 12.0. The number of hydrogen-bond acceptors (Lipinski definition) is 3. The van der Waals surface area contributed by atoms with E-state index in [0.717, 1.165) is 18.5 Å².